The summed E-state index contributed by atoms with van der Waals surface area (Å²) < 4.78 is 0.973. The second-order valence-electron chi connectivity index (χ2n) is 2.12. The number of aromatic nitrogens is 2. The van der Waals surface area contributed by atoms with E-state index in [1.165, 1.54) is 0 Å². The molecule has 0 unspecified atom stereocenters. The Labute approximate surface area is 65.9 Å². The zero-order valence-electron chi connectivity index (χ0n) is 5.22. The number of aromatic amines is 2. The molecule has 2 N–H and O–H groups in total. The Morgan fingerprint density at radius 3 is 2.00 bits per heavy atom. The molecule has 0 radical (unpaired) electrons. The van der Waals surface area contributed by atoms with Gasteiger partial charge in [0.2, 0.25) is 0 Å². The van der Waals surface area contributed by atoms with Gasteiger partial charge in [0.1, 0.15) is 0 Å². The molecule has 0 aliphatic rings. The summed E-state index contributed by atoms with van der Waals surface area (Å²) in [6.07, 6.45) is 0. The maximum atomic E-state index is 3.15. The molecular weight excluding hydrogens is 164 g/mol. The summed E-state index contributed by atoms with van der Waals surface area (Å²) in [5.74, 6) is 0. The van der Waals surface area contributed by atoms with Crippen molar-refractivity contribution in [3.8, 4) is 0 Å². The fraction of sp³-hybridized carbons (Fsp3) is 0. The van der Waals surface area contributed by atoms with E-state index in [-0.39, 0.29) is 0 Å². The van der Waals surface area contributed by atoms with Crippen molar-refractivity contribution in [1.29, 1.82) is 0 Å². The molecule has 0 aliphatic heterocycles. The molecule has 10 heavy (non-hydrogen) atoms. The van der Waals surface area contributed by atoms with E-state index in [2.05, 4.69) is 25.8 Å². The van der Waals surface area contributed by atoms with Crippen molar-refractivity contribution in [3.05, 3.63) is 28.6 Å². The van der Waals surface area contributed by atoms with Gasteiger partial charge >= 0.3 is 65.4 Å². The Hall–Kier alpha value is -0.778. The predicted octanol–water partition coefficient (Wildman–Crippen LogP) is 1.57. The number of nitrogens with one attached hydrogen (secondary N) is 2. The Morgan fingerprint density at radius 2 is 1.50 bits per heavy atom. The van der Waals surface area contributed by atoms with E-state index in [9.17, 15) is 0 Å². The topological polar surface area (TPSA) is 31.6 Å². The van der Waals surface area contributed by atoms with Gasteiger partial charge in [-0.25, -0.2) is 0 Å². The minimum atomic E-state index is 0.973. The first kappa shape index (κ1) is 5.97. The van der Waals surface area contributed by atoms with Gasteiger partial charge in [0.25, 0.3) is 0 Å². The predicted molar refractivity (Wildman–Crippen MR) is 35.9 cm³/mol. The van der Waals surface area contributed by atoms with E-state index in [0.29, 0.717) is 0 Å². The number of hydrogen-bond donors (Lipinski definition) is 2. The number of fused-ring (bicyclic) bond motifs is 1. The molecule has 0 spiro atoms. The standard InChI is InChI=1S/C7H6N2.Cr/c1-2-4-7-6(3-1)8-5-9-7;/h1-4,8-9H;. The van der Waals surface area contributed by atoms with Gasteiger partial charge in [0, 0.05) is 0 Å². The van der Waals surface area contributed by atoms with Crippen LogP contribution in [0.5, 0.6) is 0 Å². The van der Waals surface area contributed by atoms with Gasteiger partial charge < -0.3 is 0 Å². The van der Waals surface area contributed by atoms with Crippen LogP contribution in [0, 0.1) is 4.29 Å². The Balaban J connectivity index is 3.01. The van der Waals surface area contributed by atoms with Crippen LogP contribution in [0.2, 0.25) is 0 Å². The minimum absolute atomic E-state index is 0.973. The molecule has 2 aromatic rings. The van der Waals surface area contributed by atoms with E-state index in [4.69, 9.17) is 0 Å². The summed E-state index contributed by atoms with van der Waals surface area (Å²) in [7, 11) is 0. The second-order valence-corrected chi connectivity index (χ2v) is 2.76. The monoisotopic (exact) mass is 170 g/mol. The molecule has 1 aromatic heterocycles. The number of H-pyrrole nitrogens is 2. The normalized spacial score (nSPS) is 10.4. The van der Waals surface area contributed by atoms with Gasteiger partial charge in [-0.2, -0.15) is 0 Å². The number of para-hydroxylation sites is 2. The molecule has 0 atom stereocenters. The molecule has 2 rings (SSSR count). The van der Waals surface area contributed by atoms with Crippen molar-refractivity contribution in [2.75, 3.05) is 0 Å². The average molecular weight is 170 g/mol. The van der Waals surface area contributed by atoms with Crippen LogP contribution in [0.15, 0.2) is 24.3 Å². The van der Waals surface area contributed by atoms with Crippen LogP contribution in [0.3, 0.4) is 0 Å². The molecule has 0 amide bonds. The van der Waals surface area contributed by atoms with Gasteiger partial charge in [-0.05, 0) is 0 Å². The summed E-state index contributed by atoms with van der Waals surface area (Å²) >= 11 is 2.88. The molecule has 0 saturated heterocycles. The quantitative estimate of drug-likeness (QED) is 0.601. The summed E-state index contributed by atoms with van der Waals surface area (Å²) in [6, 6.07) is 8.08. The third-order valence-corrected chi connectivity index (χ3v) is 1.74. The molecule has 0 fully saturated rings. The fourth-order valence-corrected chi connectivity index (χ4v) is 1.32. The molecule has 0 saturated carbocycles. The van der Waals surface area contributed by atoms with E-state index in [0.717, 1.165) is 15.3 Å². The van der Waals surface area contributed by atoms with Crippen LogP contribution in [-0.2, 0) is 15.9 Å². The van der Waals surface area contributed by atoms with Gasteiger partial charge in [-0.15, -0.1) is 0 Å². The van der Waals surface area contributed by atoms with E-state index in [1.807, 2.05) is 24.3 Å². The fourth-order valence-electron chi connectivity index (χ4n) is 0.977. The zero-order valence-corrected chi connectivity index (χ0v) is 6.49. The zero-order chi connectivity index (χ0) is 6.97. The third-order valence-electron chi connectivity index (χ3n) is 1.42. The average Bonchev–Trinajstić information content (AvgIpc) is 2.27. The number of benzene rings is 1. The van der Waals surface area contributed by atoms with Gasteiger partial charge in [-0.3, -0.25) is 0 Å². The van der Waals surface area contributed by atoms with Crippen molar-refractivity contribution in [2.24, 2.45) is 0 Å². The number of hydrogen-bond acceptors (Lipinski definition) is 0. The van der Waals surface area contributed by atoms with E-state index in [1.54, 1.807) is 0 Å². The van der Waals surface area contributed by atoms with Crippen molar-refractivity contribution in [3.63, 3.8) is 0 Å². The SMILES string of the molecule is [Cr]=[c]1[nH]c2ccccc2[nH]1. The summed E-state index contributed by atoms with van der Waals surface area (Å²) in [6.45, 7) is 0. The summed E-state index contributed by atoms with van der Waals surface area (Å²) in [4.78, 5) is 6.29. The van der Waals surface area contributed by atoms with Crippen molar-refractivity contribution in [1.82, 2.24) is 9.97 Å². The molecule has 2 nitrogen and oxygen atoms in total. The molecule has 1 aromatic carbocycles. The molecule has 0 aliphatic carbocycles. The van der Waals surface area contributed by atoms with Crippen LogP contribution >= 0.6 is 0 Å². The van der Waals surface area contributed by atoms with Gasteiger partial charge in [-0.1, -0.05) is 0 Å². The number of imidazole rings is 1. The molecule has 0 bridgehead atoms. The van der Waals surface area contributed by atoms with Crippen LogP contribution in [0.4, 0.5) is 0 Å². The van der Waals surface area contributed by atoms with Crippen LogP contribution < -0.4 is 0 Å². The van der Waals surface area contributed by atoms with Crippen LogP contribution in [-0.4, -0.2) is 9.97 Å². The first-order chi connectivity index (χ1) is 4.86. The second kappa shape index (κ2) is 2.12. The van der Waals surface area contributed by atoms with Crippen LogP contribution in [0.1, 0.15) is 0 Å². The first-order valence-corrected chi connectivity index (χ1v) is 3.67. The summed E-state index contributed by atoms with van der Waals surface area (Å²) in [5, 5.41) is 0. The van der Waals surface area contributed by atoms with Gasteiger partial charge in [0.05, 0.1) is 0 Å². The molecule has 50 valence electrons. The Morgan fingerprint density at radius 1 is 1.00 bits per heavy atom. The molecule has 1 heterocycles. The first-order valence-electron chi connectivity index (χ1n) is 3.03. The number of rotatable bonds is 0. The molecule has 3 heteroatoms. The summed E-state index contributed by atoms with van der Waals surface area (Å²) in [5.41, 5.74) is 2.27. The maximum absolute atomic E-state index is 3.15. The van der Waals surface area contributed by atoms with Crippen molar-refractivity contribution < 1.29 is 15.9 Å². The van der Waals surface area contributed by atoms with E-state index >= 15 is 0 Å². The van der Waals surface area contributed by atoms with Crippen molar-refractivity contribution in [2.45, 2.75) is 0 Å². The Bertz CT molecular complexity index is 363. The Kier molecular flexibility index (Phi) is 1.27. The third kappa shape index (κ3) is 0.842. The van der Waals surface area contributed by atoms with Crippen molar-refractivity contribution >= 4 is 11.0 Å². The van der Waals surface area contributed by atoms with Gasteiger partial charge in [0.15, 0.2) is 0 Å². The van der Waals surface area contributed by atoms with Crippen LogP contribution in [0.25, 0.3) is 11.0 Å². The molecular formula is C7H6CrN2. The van der Waals surface area contributed by atoms with E-state index < -0.39 is 0 Å².